The topological polar surface area (TPSA) is 90.6 Å². The van der Waals surface area contributed by atoms with E-state index in [1.165, 1.54) is 0 Å². The molecule has 2 heterocycles. The maximum Gasteiger partial charge on any atom is 0.255 e. The van der Waals surface area contributed by atoms with Crippen molar-refractivity contribution in [1.82, 2.24) is 15.0 Å². The molecule has 0 saturated carbocycles. The third-order valence-corrected chi connectivity index (χ3v) is 3.97. The first kappa shape index (κ1) is 14.2. The van der Waals surface area contributed by atoms with Crippen molar-refractivity contribution in [2.24, 2.45) is 0 Å². The molecule has 3 N–H and O–H groups in total. The van der Waals surface area contributed by atoms with Gasteiger partial charge < -0.3 is 15.3 Å². The molecule has 118 valence electrons. The van der Waals surface area contributed by atoms with Gasteiger partial charge in [0.1, 0.15) is 0 Å². The number of carbonyl (C=O) groups excluding carboxylic acids is 1. The molecule has 4 aromatic rings. The summed E-state index contributed by atoms with van der Waals surface area (Å²) in [7, 11) is 0. The lowest BCUT2D eigenvalue weighted by molar-refractivity contribution is 0.102. The second kappa shape index (κ2) is 5.34. The van der Waals surface area contributed by atoms with Crippen LogP contribution in [0, 0.1) is 6.92 Å². The third kappa shape index (κ3) is 2.44. The van der Waals surface area contributed by atoms with E-state index in [1.54, 1.807) is 37.5 Å². The van der Waals surface area contributed by atoms with Gasteiger partial charge in [-0.3, -0.25) is 9.59 Å². The monoisotopic (exact) mass is 318 g/mol. The molecule has 0 spiro atoms. The van der Waals surface area contributed by atoms with Crippen molar-refractivity contribution in [2.75, 3.05) is 5.32 Å². The number of H-pyrrole nitrogens is 2. The summed E-state index contributed by atoms with van der Waals surface area (Å²) in [6.07, 6.45) is 1.59. The summed E-state index contributed by atoms with van der Waals surface area (Å²) in [4.78, 5) is 34.1. The number of hydrogen-bond acceptors (Lipinski definition) is 3. The van der Waals surface area contributed by atoms with Crippen LogP contribution < -0.4 is 10.9 Å². The summed E-state index contributed by atoms with van der Waals surface area (Å²) in [5.41, 5.74) is 3.99. The zero-order valence-electron chi connectivity index (χ0n) is 12.9. The van der Waals surface area contributed by atoms with Gasteiger partial charge in [-0.25, -0.2) is 4.98 Å². The number of pyridine rings is 1. The number of aryl methyl sites for hydroxylation is 1. The predicted octanol–water partition coefficient (Wildman–Crippen LogP) is 2.97. The molecule has 0 aliphatic heterocycles. The zero-order valence-corrected chi connectivity index (χ0v) is 12.9. The summed E-state index contributed by atoms with van der Waals surface area (Å²) >= 11 is 0. The van der Waals surface area contributed by atoms with E-state index >= 15 is 0 Å². The van der Waals surface area contributed by atoms with E-state index in [2.05, 4.69) is 20.3 Å². The molecule has 0 saturated heterocycles. The second-order valence-corrected chi connectivity index (χ2v) is 5.67. The molecule has 0 aliphatic carbocycles. The highest BCUT2D eigenvalue weighted by Crippen LogP contribution is 2.18. The fraction of sp³-hybridized carbons (Fsp3) is 0.0556. The molecule has 0 radical (unpaired) electrons. The van der Waals surface area contributed by atoms with Crippen LogP contribution in [-0.2, 0) is 0 Å². The first-order valence-electron chi connectivity index (χ1n) is 7.48. The Morgan fingerprint density at radius 2 is 1.96 bits per heavy atom. The summed E-state index contributed by atoms with van der Waals surface area (Å²) in [5, 5.41) is 3.77. The van der Waals surface area contributed by atoms with Crippen molar-refractivity contribution in [3.63, 3.8) is 0 Å². The van der Waals surface area contributed by atoms with Crippen LogP contribution in [0.15, 0.2) is 53.6 Å². The molecule has 1 amide bonds. The Balaban J connectivity index is 1.66. The van der Waals surface area contributed by atoms with Crippen LogP contribution in [0.5, 0.6) is 0 Å². The molecule has 6 heteroatoms. The SMILES string of the molecule is Cc1cc2ccc(NC(=O)c3ccc4nc[nH]c4c3)cc2[nH]c1=O. The predicted molar refractivity (Wildman–Crippen MR) is 93.4 cm³/mol. The maximum atomic E-state index is 12.4. The minimum absolute atomic E-state index is 0.129. The van der Waals surface area contributed by atoms with Crippen molar-refractivity contribution < 1.29 is 4.79 Å². The number of nitrogens with one attached hydrogen (secondary N) is 3. The molecule has 0 atom stereocenters. The van der Waals surface area contributed by atoms with Gasteiger partial charge in [-0.2, -0.15) is 0 Å². The van der Waals surface area contributed by atoms with Crippen LogP contribution in [-0.4, -0.2) is 20.9 Å². The number of amides is 1. The second-order valence-electron chi connectivity index (χ2n) is 5.67. The summed E-state index contributed by atoms with van der Waals surface area (Å²) in [6, 6.07) is 12.5. The molecule has 24 heavy (non-hydrogen) atoms. The van der Waals surface area contributed by atoms with Gasteiger partial charge >= 0.3 is 0 Å². The minimum atomic E-state index is -0.222. The number of imidazole rings is 1. The Bertz CT molecular complexity index is 1140. The maximum absolute atomic E-state index is 12.4. The van der Waals surface area contributed by atoms with E-state index in [-0.39, 0.29) is 11.5 Å². The molecule has 6 nitrogen and oxygen atoms in total. The van der Waals surface area contributed by atoms with E-state index in [1.807, 2.05) is 18.2 Å². The van der Waals surface area contributed by atoms with Crippen LogP contribution in [0.2, 0.25) is 0 Å². The average Bonchev–Trinajstić information content (AvgIpc) is 3.03. The fourth-order valence-corrected chi connectivity index (χ4v) is 2.67. The number of aromatic nitrogens is 3. The van der Waals surface area contributed by atoms with E-state index in [0.29, 0.717) is 22.3 Å². The molecule has 0 aliphatic rings. The summed E-state index contributed by atoms with van der Waals surface area (Å²) in [5.74, 6) is -0.222. The van der Waals surface area contributed by atoms with Gasteiger partial charge in [-0.1, -0.05) is 6.07 Å². The van der Waals surface area contributed by atoms with Gasteiger partial charge in [0, 0.05) is 16.8 Å². The van der Waals surface area contributed by atoms with Crippen LogP contribution in [0.25, 0.3) is 21.9 Å². The van der Waals surface area contributed by atoms with E-state index in [4.69, 9.17) is 0 Å². The van der Waals surface area contributed by atoms with Crippen LogP contribution in [0.4, 0.5) is 5.69 Å². The standard InChI is InChI=1S/C18H14N4O2/c1-10-6-11-2-4-13(8-15(11)22-17(10)23)21-18(24)12-3-5-14-16(7-12)20-9-19-14/h2-9H,1H3,(H,19,20)(H,21,24)(H,22,23). The number of carbonyl (C=O) groups is 1. The molecule has 0 unspecified atom stereocenters. The zero-order chi connectivity index (χ0) is 16.7. The molecular formula is C18H14N4O2. The van der Waals surface area contributed by atoms with Gasteiger partial charge in [0.05, 0.1) is 22.9 Å². The molecule has 0 fully saturated rings. The molecule has 0 bridgehead atoms. The van der Waals surface area contributed by atoms with E-state index in [0.717, 1.165) is 16.4 Å². The molecule has 4 rings (SSSR count). The van der Waals surface area contributed by atoms with E-state index in [9.17, 15) is 9.59 Å². The van der Waals surface area contributed by atoms with Gasteiger partial charge in [0.2, 0.25) is 0 Å². The van der Waals surface area contributed by atoms with Gasteiger partial charge in [0.25, 0.3) is 11.5 Å². The molecular weight excluding hydrogens is 304 g/mol. The lowest BCUT2D eigenvalue weighted by Gasteiger charge is -2.07. The third-order valence-electron chi connectivity index (χ3n) is 3.97. The van der Waals surface area contributed by atoms with E-state index < -0.39 is 0 Å². The smallest absolute Gasteiger partial charge is 0.255 e. The number of nitrogens with zero attached hydrogens (tertiary/aromatic N) is 1. The normalized spacial score (nSPS) is 11.0. The first-order chi connectivity index (χ1) is 11.6. The lowest BCUT2D eigenvalue weighted by Crippen LogP contribution is -2.12. The molecule has 2 aromatic carbocycles. The Morgan fingerprint density at radius 3 is 2.83 bits per heavy atom. The van der Waals surface area contributed by atoms with Crippen molar-refractivity contribution in [1.29, 1.82) is 0 Å². The Kier molecular flexibility index (Phi) is 3.16. The fourth-order valence-electron chi connectivity index (χ4n) is 2.67. The Morgan fingerprint density at radius 1 is 1.08 bits per heavy atom. The Labute approximate surface area is 136 Å². The van der Waals surface area contributed by atoms with Crippen LogP contribution >= 0.6 is 0 Å². The quantitative estimate of drug-likeness (QED) is 0.530. The number of rotatable bonds is 2. The summed E-state index contributed by atoms with van der Waals surface area (Å²) in [6.45, 7) is 1.76. The minimum Gasteiger partial charge on any atom is -0.345 e. The number of aromatic amines is 2. The highest BCUT2D eigenvalue weighted by molar-refractivity contribution is 6.06. The summed E-state index contributed by atoms with van der Waals surface area (Å²) < 4.78 is 0. The van der Waals surface area contributed by atoms with Crippen molar-refractivity contribution >= 4 is 33.5 Å². The molecule has 2 aromatic heterocycles. The van der Waals surface area contributed by atoms with Gasteiger partial charge in [-0.15, -0.1) is 0 Å². The number of hydrogen-bond donors (Lipinski definition) is 3. The number of benzene rings is 2. The van der Waals surface area contributed by atoms with Crippen molar-refractivity contribution in [2.45, 2.75) is 6.92 Å². The number of fused-ring (bicyclic) bond motifs is 2. The van der Waals surface area contributed by atoms with Crippen LogP contribution in [0.1, 0.15) is 15.9 Å². The van der Waals surface area contributed by atoms with Crippen LogP contribution in [0.3, 0.4) is 0 Å². The van der Waals surface area contributed by atoms with Gasteiger partial charge in [0.15, 0.2) is 0 Å². The largest absolute Gasteiger partial charge is 0.345 e. The lowest BCUT2D eigenvalue weighted by atomic mass is 10.1. The Hall–Kier alpha value is -3.41. The highest BCUT2D eigenvalue weighted by Gasteiger charge is 2.09. The van der Waals surface area contributed by atoms with Crippen molar-refractivity contribution in [3.8, 4) is 0 Å². The average molecular weight is 318 g/mol. The highest BCUT2D eigenvalue weighted by atomic mass is 16.1. The van der Waals surface area contributed by atoms with Gasteiger partial charge in [-0.05, 0) is 48.7 Å². The number of anilines is 1. The van der Waals surface area contributed by atoms with Crippen molar-refractivity contribution in [3.05, 3.63) is 70.3 Å². The first-order valence-corrected chi connectivity index (χ1v) is 7.48.